The minimum absolute atomic E-state index is 0.433. The van der Waals surface area contributed by atoms with Crippen molar-refractivity contribution in [3.05, 3.63) is 56.2 Å². The van der Waals surface area contributed by atoms with Gasteiger partial charge in [-0.25, -0.2) is 0 Å². The Hall–Kier alpha value is -0.640. The Morgan fingerprint density at radius 3 is 2.84 bits per heavy atom. The number of hydrogen-bond donors (Lipinski definition) is 1. The molecule has 0 aliphatic heterocycles. The lowest BCUT2D eigenvalue weighted by molar-refractivity contribution is 0.513. The third kappa shape index (κ3) is 4.16. The molecule has 1 N–H and O–H groups in total. The molecule has 0 spiro atoms. The Labute approximate surface area is 128 Å². The fraction of sp³-hybridized carbons (Fsp3) is 0.375. The maximum Gasteiger partial charge on any atom is 0.0326 e. The fourth-order valence-corrected chi connectivity index (χ4v) is 3.43. The van der Waals surface area contributed by atoms with Crippen LogP contribution in [0.15, 0.2) is 39.5 Å². The zero-order chi connectivity index (χ0) is 13.7. The minimum Gasteiger partial charge on any atom is -0.310 e. The maximum absolute atomic E-state index is 3.61. The second-order valence-electron chi connectivity index (χ2n) is 4.78. The molecule has 1 unspecified atom stereocenters. The van der Waals surface area contributed by atoms with Crippen molar-refractivity contribution in [3.63, 3.8) is 0 Å². The van der Waals surface area contributed by atoms with Crippen molar-refractivity contribution in [1.29, 1.82) is 0 Å². The van der Waals surface area contributed by atoms with Crippen LogP contribution >= 0.6 is 27.3 Å². The van der Waals surface area contributed by atoms with E-state index in [0.717, 1.165) is 23.9 Å². The van der Waals surface area contributed by atoms with Crippen LogP contribution in [0.3, 0.4) is 0 Å². The van der Waals surface area contributed by atoms with Gasteiger partial charge in [-0.1, -0.05) is 28.9 Å². The minimum atomic E-state index is 0.433. The van der Waals surface area contributed by atoms with Crippen LogP contribution < -0.4 is 5.32 Å². The van der Waals surface area contributed by atoms with Crippen molar-refractivity contribution < 1.29 is 0 Å². The zero-order valence-electron chi connectivity index (χ0n) is 11.4. The number of benzene rings is 1. The van der Waals surface area contributed by atoms with Crippen LogP contribution in [0.4, 0.5) is 0 Å². The molecule has 1 aromatic carbocycles. The van der Waals surface area contributed by atoms with Gasteiger partial charge in [0.2, 0.25) is 0 Å². The molecule has 0 aliphatic carbocycles. The molecular weight excluding hydrogens is 318 g/mol. The summed E-state index contributed by atoms with van der Waals surface area (Å²) < 4.78 is 1.16. The van der Waals surface area contributed by atoms with Gasteiger partial charge in [0.25, 0.3) is 0 Å². The Kier molecular flexibility index (Phi) is 5.61. The lowest BCUT2D eigenvalue weighted by atomic mass is 9.96. The van der Waals surface area contributed by atoms with Crippen LogP contribution in [0.2, 0.25) is 0 Å². The summed E-state index contributed by atoms with van der Waals surface area (Å²) in [5, 5.41) is 8.01. The average Bonchev–Trinajstić information content (AvgIpc) is 2.91. The second-order valence-corrected chi connectivity index (χ2v) is 6.48. The van der Waals surface area contributed by atoms with E-state index in [0.29, 0.717) is 6.04 Å². The number of hydrogen-bond acceptors (Lipinski definition) is 2. The zero-order valence-corrected chi connectivity index (χ0v) is 13.9. The van der Waals surface area contributed by atoms with Crippen LogP contribution in [0.1, 0.15) is 36.1 Å². The number of thiophene rings is 1. The van der Waals surface area contributed by atoms with Gasteiger partial charge in [-0.2, -0.15) is 11.3 Å². The van der Waals surface area contributed by atoms with Gasteiger partial charge < -0.3 is 5.32 Å². The number of halogens is 1. The SMILES string of the molecule is CCNC(CCc1ccsc1)c1cc(Br)ccc1C. The highest BCUT2D eigenvalue weighted by Gasteiger charge is 2.13. The molecule has 2 rings (SSSR count). The van der Waals surface area contributed by atoms with E-state index in [-0.39, 0.29) is 0 Å². The number of rotatable bonds is 6. The van der Waals surface area contributed by atoms with Crippen molar-refractivity contribution in [2.45, 2.75) is 32.7 Å². The normalized spacial score (nSPS) is 12.6. The van der Waals surface area contributed by atoms with Crippen LogP contribution in [0.5, 0.6) is 0 Å². The van der Waals surface area contributed by atoms with Gasteiger partial charge in [0, 0.05) is 10.5 Å². The summed E-state index contributed by atoms with van der Waals surface area (Å²) in [6.45, 7) is 5.36. The molecule has 1 atom stereocenters. The summed E-state index contributed by atoms with van der Waals surface area (Å²) >= 11 is 5.36. The van der Waals surface area contributed by atoms with Crippen LogP contribution in [-0.4, -0.2) is 6.54 Å². The third-order valence-corrected chi connectivity index (χ3v) is 4.59. The molecule has 0 radical (unpaired) electrons. The van der Waals surface area contributed by atoms with Gasteiger partial charge in [-0.15, -0.1) is 0 Å². The van der Waals surface area contributed by atoms with Crippen molar-refractivity contribution in [1.82, 2.24) is 5.32 Å². The summed E-state index contributed by atoms with van der Waals surface area (Å²) in [5.41, 5.74) is 4.21. The summed E-state index contributed by atoms with van der Waals surface area (Å²) in [6.07, 6.45) is 2.27. The van der Waals surface area contributed by atoms with Gasteiger partial charge >= 0.3 is 0 Å². The highest BCUT2D eigenvalue weighted by molar-refractivity contribution is 9.10. The average molecular weight is 338 g/mol. The second kappa shape index (κ2) is 7.22. The first-order valence-electron chi connectivity index (χ1n) is 6.71. The topological polar surface area (TPSA) is 12.0 Å². The smallest absolute Gasteiger partial charge is 0.0326 e. The molecule has 0 aliphatic rings. The van der Waals surface area contributed by atoms with E-state index in [1.165, 1.54) is 16.7 Å². The molecule has 1 nitrogen and oxygen atoms in total. The molecule has 0 bridgehead atoms. The first-order valence-corrected chi connectivity index (χ1v) is 8.44. The van der Waals surface area contributed by atoms with Crippen molar-refractivity contribution in [2.24, 2.45) is 0 Å². The molecule has 1 heterocycles. The van der Waals surface area contributed by atoms with E-state index in [2.05, 4.69) is 70.1 Å². The third-order valence-electron chi connectivity index (χ3n) is 3.37. The molecule has 3 heteroatoms. The molecule has 0 fully saturated rings. The molecule has 19 heavy (non-hydrogen) atoms. The van der Waals surface area contributed by atoms with Crippen LogP contribution in [-0.2, 0) is 6.42 Å². The predicted molar refractivity (Wildman–Crippen MR) is 87.9 cm³/mol. The Morgan fingerprint density at radius 1 is 1.32 bits per heavy atom. The van der Waals surface area contributed by atoms with E-state index < -0.39 is 0 Å². The van der Waals surface area contributed by atoms with Crippen molar-refractivity contribution in [2.75, 3.05) is 6.54 Å². The van der Waals surface area contributed by atoms with E-state index in [4.69, 9.17) is 0 Å². The predicted octanol–water partition coefficient (Wildman–Crippen LogP) is 5.10. The van der Waals surface area contributed by atoms with Gasteiger partial charge in [0.1, 0.15) is 0 Å². The van der Waals surface area contributed by atoms with E-state index in [1.807, 2.05) is 0 Å². The van der Waals surface area contributed by atoms with Crippen molar-refractivity contribution >= 4 is 27.3 Å². The molecule has 0 saturated carbocycles. The lowest BCUT2D eigenvalue weighted by Gasteiger charge is -2.20. The Balaban J connectivity index is 2.12. The molecule has 2 aromatic rings. The van der Waals surface area contributed by atoms with E-state index in [9.17, 15) is 0 Å². The highest BCUT2D eigenvalue weighted by Crippen LogP contribution is 2.26. The first kappa shape index (κ1) is 14.8. The number of aryl methyl sites for hydroxylation is 2. The van der Waals surface area contributed by atoms with Crippen molar-refractivity contribution in [3.8, 4) is 0 Å². The lowest BCUT2D eigenvalue weighted by Crippen LogP contribution is -2.22. The van der Waals surface area contributed by atoms with Crippen LogP contribution in [0.25, 0.3) is 0 Å². The molecule has 0 saturated heterocycles. The monoisotopic (exact) mass is 337 g/mol. The van der Waals surface area contributed by atoms with Crippen LogP contribution in [0, 0.1) is 6.92 Å². The summed E-state index contributed by atoms with van der Waals surface area (Å²) in [4.78, 5) is 0. The summed E-state index contributed by atoms with van der Waals surface area (Å²) in [7, 11) is 0. The standard InChI is InChI=1S/C16H20BrNS/c1-3-18-16(7-5-13-8-9-19-11-13)15-10-14(17)6-4-12(15)2/h4,6,8-11,16,18H,3,5,7H2,1-2H3. The van der Waals surface area contributed by atoms with Gasteiger partial charge in [-0.3, -0.25) is 0 Å². The molecule has 102 valence electrons. The first-order chi connectivity index (χ1) is 9.20. The van der Waals surface area contributed by atoms with E-state index >= 15 is 0 Å². The quantitative estimate of drug-likeness (QED) is 0.772. The maximum atomic E-state index is 3.61. The largest absolute Gasteiger partial charge is 0.310 e. The summed E-state index contributed by atoms with van der Waals surface area (Å²) in [5.74, 6) is 0. The fourth-order valence-electron chi connectivity index (χ4n) is 2.35. The van der Waals surface area contributed by atoms with Gasteiger partial charge in [0.15, 0.2) is 0 Å². The Morgan fingerprint density at radius 2 is 2.16 bits per heavy atom. The van der Waals surface area contributed by atoms with E-state index in [1.54, 1.807) is 11.3 Å². The summed E-state index contributed by atoms with van der Waals surface area (Å²) in [6, 6.07) is 9.20. The number of nitrogens with one attached hydrogen (secondary N) is 1. The molecule has 1 aromatic heterocycles. The van der Waals surface area contributed by atoms with Gasteiger partial charge in [0.05, 0.1) is 0 Å². The molecule has 0 amide bonds. The Bertz CT molecular complexity index is 507. The highest BCUT2D eigenvalue weighted by atomic mass is 79.9. The molecular formula is C16H20BrNS. The van der Waals surface area contributed by atoms with Gasteiger partial charge in [-0.05, 0) is 72.0 Å².